The van der Waals surface area contributed by atoms with Crippen LogP contribution >= 0.6 is 0 Å². The number of hydrogen-bond donors (Lipinski definition) is 14. The smallest absolute Gasteiger partial charge is 0.335 e. The Morgan fingerprint density at radius 2 is 1.26 bits per heavy atom. The molecule has 4 saturated heterocycles. The molecule has 0 aromatic heterocycles. The van der Waals surface area contributed by atoms with E-state index in [0.29, 0.717) is 31.3 Å². The quantitative estimate of drug-likeness (QED) is 0.0379. The van der Waals surface area contributed by atoms with Crippen molar-refractivity contribution in [2.45, 2.75) is 249 Å². The Kier molecular flexibility index (Phi) is 19.3. The van der Waals surface area contributed by atoms with E-state index in [2.05, 4.69) is 19.9 Å². The van der Waals surface area contributed by atoms with Crippen LogP contribution in [0.2, 0.25) is 0 Å². The third-order valence-electron chi connectivity index (χ3n) is 22.3. The number of esters is 2. The minimum Gasteiger partial charge on any atom is -0.479 e. The second-order valence-electron chi connectivity index (χ2n) is 27.6. The number of hydrogen-bond acceptors (Lipinski definition) is 26. The molecule has 0 aromatic rings. The molecule has 4 aliphatic heterocycles. The standard InChI is InChI=1S/C59H92O27/c1-11-23(2)49(76)86-46-47(79-24(3)62)59(22-61)26(18-54(46,4)5)25-12-13-31-56(8)16-15-32(55(6,7)30(56)14-17-57(31,9)58(25,10)44(72)45(59)73)81-53-43(85-51-38(70)36(68)35(67)29(19-60)80-51)40(39(71)41(83-53)48(74)75)82-52-42(34(66)28(64)21-78-52)84-50-37(69)33(65)27(63)20-77-50/h11-12,26-47,50-53,60-61,63-73H,13-22H2,1-10H3,(H,74,75)/b23-11+/t26-,27+,28-,29+,30-,31+,32-,33-,34-,35-,36-,37+,38+,39-,40-,41-,42+,43+,44-,45+,46-,47-,50-,51-,52-,53-,56-,57+,58-,59-/m0/s1. The first kappa shape index (κ1) is 67.4. The molecule has 0 spiro atoms. The van der Waals surface area contributed by atoms with Gasteiger partial charge in [0.15, 0.2) is 37.4 Å². The van der Waals surface area contributed by atoms with E-state index in [4.69, 9.17) is 47.4 Å². The zero-order valence-electron chi connectivity index (χ0n) is 50.3. The molecule has 0 bridgehead atoms. The molecule has 8 fully saturated rings. The number of carboxylic acid groups (broad SMARTS) is 1. The molecule has 0 unspecified atom stereocenters. The van der Waals surface area contributed by atoms with Gasteiger partial charge in [-0.05, 0) is 86.4 Å². The normalized spacial score (nSPS) is 50.9. The van der Waals surface area contributed by atoms with Gasteiger partial charge in [-0.25, -0.2) is 9.59 Å². The van der Waals surface area contributed by atoms with E-state index in [9.17, 15) is 85.9 Å². The highest BCUT2D eigenvalue weighted by molar-refractivity contribution is 5.87. The highest BCUT2D eigenvalue weighted by Crippen LogP contribution is 2.76. The number of ether oxygens (including phenoxy) is 10. The maximum Gasteiger partial charge on any atom is 0.335 e. The summed E-state index contributed by atoms with van der Waals surface area (Å²) in [4.78, 5) is 39.7. The lowest BCUT2D eigenvalue weighted by atomic mass is 9.32. The maximum atomic E-state index is 13.5. The van der Waals surface area contributed by atoms with Crippen LogP contribution in [0.25, 0.3) is 0 Å². The zero-order valence-corrected chi connectivity index (χ0v) is 50.3. The van der Waals surface area contributed by atoms with E-state index in [1.807, 2.05) is 34.6 Å². The van der Waals surface area contributed by atoms with Crippen molar-refractivity contribution in [3.63, 3.8) is 0 Å². The van der Waals surface area contributed by atoms with Gasteiger partial charge in [-0.15, -0.1) is 0 Å². The van der Waals surface area contributed by atoms with E-state index in [-0.39, 0.29) is 24.7 Å². The molecule has 14 N–H and O–H groups in total. The molecular weight excluding hydrogens is 1140 g/mol. The average molecular weight is 1230 g/mol. The number of aliphatic carboxylic acids is 1. The van der Waals surface area contributed by atoms with Gasteiger partial charge in [0.25, 0.3) is 0 Å². The van der Waals surface area contributed by atoms with E-state index in [1.54, 1.807) is 19.9 Å². The Bertz CT molecular complexity index is 2530. The molecule has 5 aliphatic carbocycles. The summed E-state index contributed by atoms with van der Waals surface area (Å²) >= 11 is 0. The Labute approximate surface area is 498 Å². The average Bonchev–Trinajstić information content (AvgIpc) is 0.668. The van der Waals surface area contributed by atoms with Gasteiger partial charge in [0.05, 0.1) is 50.2 Å². The summed E-state index contributed by atoms with van der Waals surface area (Å²) in [6.45, 7) is 15.7. The second kappa shape index (κ2) is 24.6. The molecule has 0 amide bonds. The summed E-state index contributed by atoms with van der Waals surface area (Å²) in [7, 11) is 0. The predicted octanol–water partition coefficient (Wildman–Crippen LogP) is -2.22. The van der Waals surface area contributed by atoms with Crippen molar-refractivity contribution in [3.05, 3.63) is 23.3 Å². The Morgan fingerprint density at radius 3 is 1.87 bits per heavy atom. The number of rotatable bonds is 14. The first-order valence-electron chi connectivity index (χ1n) is 29.9. The number of allylic oxidation sites excluding steroid dienone is 2. The van der Waals surface area contributed by atoms with Crippen molar-refractivity contribution in [1.82, 2.24) is 0 Å². The summed E-state index contributed by atoms with van der Waals surface area (Å²) in [5, 5.41) is 157. The van der Waals surface area contributed by atoms with Crippen molar-refractivity contribution in [1.29, 1.82) is 0 Å². The predicted molar refractivity (Wildman–Crippen MR) is 290 cm³/mol. The van der Waals surface area contributed by atoms with Crippen LogP contribution in [0.1, 0.15) is 108 Å². The van der Waals surface area contributed by atoms with Gasteiger partial charge in [0.2, 0.25) is 0 Å². The maximum absolute atomic E-state index is 13.5. The molecule has 9 rings (SSSR count). The van der Waals surface area contributed by atoms with Crippen LogP contribution in [0.15, 0.2) is 23.3 Å². The fraction of sp³-hybridized carbons (Fsp3) is 0.881. The van der Waals surface area contributed by atoms with Crippen LogP contribution in [0.3, 0.4) is 0 Å². The number of aliphatic hydroxyl groups excluding tert-OH is 13. The number of aliphatic hydroxyl groups is 13. The van der Waals surface area contributed by atoms with Gasteiger partial charge >= 0.3 is 17.9 Å². The van der Waals surface area contributed by atoms with Gasteiger partial charge < -0.3 is 119 Å². The van der Waals surface area contributed by atoms with Gasteiger partial charge in [0, 0.05) is 23.3 Å². The van der Waals surface area contributed by atoms with Crippen molar-refractivity contribution >= 4 is 17.9 Å². The van der Waals surface area contributed by atoms with Crippen molar-refractivity contribution in [3.8, 4) is 0 Å². The van der Waals surface area contributed by atoms with E-state index in [0.717, 1.165) is 5.57 Å². The highest BCUT2D eigenvalue weighted by atomic mass is 16.8. The molecular formula is C59H92O27. The first-order valence-corrected chi connectivity index (χ1v) is 29.9. The Hall–Kier alpha value is -2.95. The fourth-order valence-corrected chi connectivity index (χ4v) is 17.2. The van der Waals surface area contributed by atoms with E-state index in [1.165, 1.54) is 6.92 Å². The summed E-state index contributed by atoms with van der Waals surface area (Å²) in [5.41, 5.74) is -4.81. The molecule has 30 atom stereocenters. The minimum absolute atomic E-state index is 0.185. The molecule has 27 nitrogen and oxygen atoms in total. The lowest BCUT2D eigenvalue weighted by Gasteiger charge is -2.73. The lowest BCUT2D eigenvalue weighted by Crippen LogP contribution is -2.76. The molecule has 0 radical (unpaired) electrons. The van der Waals surface area contributed by atoms with Gasteiger partial charge in [-0.1, -0.05) is 66.2 Å². The van der Waals surface area contributed by atoms with Gasteiger partial charge in [-0.2, -0.15) is 0 Å². The third-order valence-corrected chi connectivity index (χ3v) is 22.3. The van der Waals surface area contributed by atoms with E-state index < -0.39 is 224 Å². The molecule has 0 aromatic carbocycles. The Morgan fingerprint density at radius 1 is 0.640 bits per heavy atom. The third kappa shape index (κ3) is 10.8. The van der Waals surface area contributed by atoms with Crippen molar-refractivity contribution < 1.29 is 133 Å². The van der Waals surface area contributed by atoms with Gasteiger partial charge in [0.1, 0.15) is 85.5 Å². The van der Waals surface area contributed by atoms with Crippen LogP contribution in [0, 0.1) is 50.2 Å². The Balaban J connectivity index is 1.05. The number of carbonyl (C=O) groups is 3. The topological polar surface area (TPSA) is 427 Å². The first-order chi connectivity index (χ1) is 40.1. The zero-order chi connectivity index (χ0) is 63.5. The number of fused-ring (bicyclic) bond motifs is 7. The number of carboxylic acids is 1. The fourth-order valence-electron chi connectivity index (χ4n) is 17.2. The molecule has 490 valence electrons. The summed E-state index contributed by atoms with van der Waals surface area (Å²) in [6.07, 6.45) is -34.3. The lowest BCUT2D eigenvalue weighted by molar-refractivity contribution is -0.399. The minimum atomic E-state index is -2.23. The van der Waals surface area contributed by atoms with Crippen LogP contribution in [-0.2, 0) is 61.8 Å². The molecule has 86 heavy (non-hydrogen) atoms. The van der Waals surface area contributed by atoms with Crippen LogP contribution in [0.4, 0.5) is 0 Å². The van der Waals surface area contributed by atoms with E-state index >= 15 is 0 Å². The molecule has 4 heterocycles. The highest BCUT2D eigenvalue weighted by Gasteiger charge is 2.76. The van der Waals surface area contributed by atoms with Crippen molar-refractivity contribution in [2.75, 3.05) is 26.4 Å². The second-order valence-corrected chi connectivity index (χ2v) is 27.6. The summed E-state index contributed by atoms with van der Waals surface area (Å²) in [6, 6.07) is 0. The SMILES string of the molecule is C/C=C(\C)C(=O)O[C@H]1[C@H](OC(C)=O)[C@]2(CO)[C@H](O)[C@H](O)[C@]3(C)C(=CC[C@@H]4[C@@]5(C)CC[C@H](O[C@H]6O[C@H](C(=O)O)[C@@H](O)[C@H](O[C@@H]7OC[C@H](O)[C@H](O)[C@H]7O[C@@H]7OC[C@@H](O)[C@H](O)[C@H]7O)[C@H]6O[C@@H]6O[C@H](CO)[C@H](O)[C@H](O)[C@H]6O)C(C)(C)[C@@H]5CC[C@]43C)[C@@H]2CC1(C)C. The summed E-state index contributed by atoms with van der Waals surface area (Å²) < 4.78 is 60.7. The molecule has 9 aliphatic rings. The van der Waals surface area contributed by atoms with Gasteiger partial charge in [-0.3, -0.25) is 4.79 Å². The molecule has 27 heteroatoms. The number of carbonyl (C=O) groups excluding carboxylic acids is 2. The molecule has 4 saturated carbocycles. The monoisotopic (exact) mass is 1230 g/mol. The van der Waals surface area contributed by atoms with Crippen LogP contribution in [0.5, 0.6) is 0 Å². The van der Waals surface area contributed by atoms with Crippen LogP contribution in [-0.4, -0.2) is 257 Å². The van der Waals surface area contributed by atoms with Crippen molar-refractivity contribution in [2.24, 2.45) is 50.2 Å². The summed E-state index contributed by atoms with van der Waals surface area (Å²) in [5.74, 6) is -4.16. The van der Waals surface area contributed by atoms with Crippen LogP contribution < -0.4 is 0 Å². The largest absolute Gasteiger partial charge is 0.479 e.